The number of hydrogen-bond acceptors (Lipinski definition) is 6. The monoisotopic (exact) mass is 306 g/mol. The van der Waals surface area contributed by atoms with Crippen LogP contribution in [0.5, 0.6) is 0 Å². The van der Waals surface area contributed by atoms with E-state index in [0.717, 1.165) is 17.1 Å². The summed E-state index contributed by atoms with van der Waals surface area (Å²) < 4.78 is 0. The molecule has 2 N–H and O–H groups in total. The van der Waals surface area contributed by atoms with Crippen LogP contribution < -0.4 is 10.6 Å². The van der Waals surface area contributed by atoms with Gasteiger partial charge in [-0.05, 0) is 13.8 Å². The van der Waals surface area contributed by atoms with Gasteiger partial charge in [-0.15, -0.1) is 0 Å². The normalized spacial score (nSPS) is 10.6. The first-order valence-corrected chi connectivity index (χ1v) is 7.44. The van der Waals surface area contributed by atoms with Gasteiger partial charge in [0.1, 0.15) is 18.0 Å². The van der Waals surface area contributed by atoms with E-state index in [4.69, 9.17) is 0 Å². The van der Waals surface area contributed by atoms with Crippen molar-refractivity contribution in [3.05, 3.63) is 55.1 Å². The maximum Gasteiger partial charge on any atom is 0.163 e. The molecule has 0 unspecified atom stereocenters. The molecule has 0 aliphatic heterocycles. The van der Waals surface area contributed by atoms with E-state index in [9.17, 15) is 0 Å². The van der Waals surface area contributed by atoms with E-state index < -0.39 is 0 Å². The summed E-state index contributed by atoms with van der Waals surface area (Å²) in [6, 6.07) is 12.0. The van der Waals surface area contributed by atoms with Gasteiger partial charge in [-0.2, -0.15) is 0 Å². The second-order valence-electron chi connectivity index (χ2n) is 5.38. The smallest absolute Gasteiger partial charge is 0.163 e. The Bertz CT molecular complexity index is 759. The second-order valence-corrected chi connectivity index (χ2v) is 5.38. The second kappa shape index (κ2) is 6.83. The third-order valence-corrected chi connectivity index (χ3v) is 3.03. The Morgan fingerprint density at radius 1 is 0.913 bits per heavy atom. The molecule has 0 saturated heterocycles. The molecule has 6 heteroatoms. The predicted octanol–water partition coefficient (Wildman–Crippen LogP) is 3.50. The molecule has 0 spiro atoms. The van der Waals surface area contributed by atoms with Gasteiger partial charge in [0.25, 0.3) is 0 Å². The van der Waals surface area contributed by atoms with Crippen LogP contribution >= 0.6 is 0 Å². The summed E-state index contributed by atoms with van der Waals surface area (Å²) in [6.45, 7) is 4.14. The zero-order chi connectivity index (χ0) is 16.1. The molecule has 2 aromatic heterocycles. The molecule has 3 aromatic rings. The highest BCUT2D eigenvalue weighted by Crippen LogP contribution is 2.22. The Hall–Kier alpha value is -3.02. The Morgan fingerprint density at radius 3 is 2.30 bits per heavy atom. The van der Waals surface area contributed by atoms with Crippen molar-refractivity contribution in [3.8, 4) is 11.4 Å². The summed E-state index contributed by atoms with van der Waals surface area (Å²) in [5.74, 6) is 2.13. The van der Waals surface area contributed by atoms with Gasteiger partial charge in [0, 0.05) is 17.7 Å². The number of anilines is 3. The molecule has 0 fully saturated rings. The standard InChI is InChI=1S/C17H18N6/c1-12(2)20-15-8-16(21-14-9-18-11-19-10-14)23-17(22-15)13-6-4-3-5-7-13/h3-12H,1-2H3,(H2,20,21,22,23). The van der Waals surface area contributed by atoms with Crippen molar-refractivity contribution in [2.75, 3.05) is 10.6 Å². The lowest BCUT2D eigenvalue weighted by Crippen LogP contribution is -2.12. The van der Waals surface area contributed by atoms with Crippen LogP contribution in [0.25, 0.3) is 11.4 Å². The van der Waals surface area contributed by atoms with Gasteiger partial charge < -0.3 is 10.6 Å². The minimum atomic E-state index is 0.279. The molecule has 0 bridgehead atoms. The molecule has 23 heavy (non-hydrogen) atoms. The van der Waals surface area contributed by atoms with Crippen molar-refractivity contribution in [1.29, 1.82) is 0 Å². The predicted molar refractivity (Wildman–Crippen MR) is 91.5 cm³/mol. The molecule has 0 saturated carbocycles. The van der Waals surface area contributed by atoms with E-state index in [1.165, 1.54) is 6.33 Å². The number of aromatic nitrogens is 4. The van der Waals surface area contributed by atoms with Crippen LogP contribution in [0.1, 0.15) is 13.8 Å². The van der Waals surface area contributed by atoms with Crippen LogP contribution in [0.15, 0.2) is 55.1 Å². The molecule has 0 aliphatic carbocycles. The third kappa shape index (κ3) is 4.00. The number of benzene rings is 1. The lowest BCUT2D eigenvalue weighted by molar-refractivity contribution is 0.887. The zero-order valence-corrected chi connectivity index (χ0v) is 13.1. The number of nitrogens with zero attached hydrogens (tertiary/aromatic N) is 4. The van der Waals surface area contributed by atoms with Gasteiger partial charge in [-0.25, -0.2) is 19.9 Å². The van der Waals surface area contributed by atoms with Gasteiger partial charge in [0.2, 0.25) is 0 Å². The Kier molecular flexibility index (Phi) is 4.42. The van der Waals surface area contributed by atoms with E-state index >= 15 is 0 Å². The highest BCUT2D eigenvalue weighted by atomic mass is 15.1. The van der Waals surface area contributed by atoms with Crippen LogP contribution in [-0.4, -0.2) is 26.0 Å². The summed E-state index contributed by atoms with van der Waals surface area (Å²) in [4.78, 5) is 17.2. The van der Waals surface area contributed by atoms with Gasteiger partial charge >= 0.3 is 0 Å². The molecular formula is C17H18N6. The number of rotatable bonds is 5. The Morgan fingerprint density at radius 2 is 1.61 bits per heavy atom. The van der Waals surface area contributed by atoms with Crippen LogP contribution in [0.2, 0.25) is 0 Å². The van der Waals surface area contributed by atoms with Crippen molar-refractivity contribution < 1.29 is 0 Å². The van der Waals surface area contributed by atoms with E-state index in [0.29, 0.717) is 11.6 Å². The van der Waals surface area contributed by atoms with Crippen molar-refractivity contribution in [2.45, 2.75) is 19.9 Å². The first-order chi connectivity index (χ1) is 11.2. The molecule has 0 amide bonds. The summed E-state index contributed by atoms with van der Waals surface area (Å²) in [7, 11) is 0. The summed E-state index contributed by atoms with van der Waals surface area (Å²) >= 11 is 0. The number of nitrogens with one attached hydrogen (secondary N) is 2. The first kappa shape index (κ1) is 14.9. The fourth-order valence-corrected chi connectivity index (χ4v) is 2.11. The Balaban J connectivity index is 1.98. The van der Waals surface area contributed by atoms with Gasteiger partial charge in [-0.3, -0.25) is 0 Å². The summed E-state index contributed by atoms with van der Waals surface area (Å²) in [5, 5.41) is 6.53. The van der Waals surface area contributed by atoms with E-state index in [1.807, 2.05) is 36.4 Å². The fraction of sp³-hybridized carbons (Fsp3) is 0.176. The molecule has 116 valence electrons. The van der Waals surface area contributed by atoms with Crippen LogP contribution in [0.3, 0.4) is 0 Å². The third-order valence-electron chi connectivity index (χ3n) is 3.03. The SMILES string of the molecule is CC(C)Nc1cc(Nc2cncnc2)nc(-c2ccccc2)n1. The Labute approximate surface area is 135 Å². The fourth-order valence-electron chi connectivity index (χ4n) is 2.11. The first-order valence-electron chi connectivity index (χ1n) is 7.44. The molecule has 0 atom stereocenters. The van der Waals surface area contributed by atoms with E-state index in [-0.39, 0.29) is 6.04 Å². The van der Waals surface area contributed by atoms with Crippen molar-refractivity contribution in [1.82, 2.24) is 19.9 Å². The van der Waals surface area contributed by atoms with E-state index in [1.54, 1.807) is 12.4 Å². The van der Waals surface area contributed by atoms with Crippen molar-refractivity contribution in [3.63, 3.8) is 0 Å². The highest BCUT2D eigenvalue weighted by molar-refractivity contribution is 5.64. The molecule has 0 aliphatic rings. The maximum atomic E-state index is 4.59. The van der Waals surface area contributed by atoms with Crippen LogP contribution in [0.4, 0.5) is 17.3 Å². The maximum absolute atomic E-state index is 4.59. The van der Waals surface area contributed by atoms with Crippen molar-refractivity contribution in [2.24, 2.45) is 0 Å². The van der Waals surface area contributed by atoms with Gasteiger partial charge in [-0.1, -0.05) is 30.3 Å². The average molecular weight is 306 g/mol. The molecular weight excluding hydrogens is 288 g/mol. The molecule has 1 aromatic carbocycles. The molecule has 0 radical (unpaired) electrons. The molecule has 3 rings (SSSR count). The zero-order valence-electron chi connectivity index (χ0n) is 13.1. The average Bonchev–Trinajstić information content (AvgIpc) is 2.56. The van der Waals surface area contributed by atoms with Crippen LogP contribution in [-0.2, 0) is 0 Å². The topological polar surface area (TPSA) is 75.6 Å². The largest absolute Gasteiger partial charge is 0.368 e. The lowest BCUT2D eigenvalue weighted by atomic mass is 10.2. The van der Waals surface area contributed by atoms with Gasteiger partial charge in [0.15, 0.2) is 5.82 Å². The lowest BCUT2D eigenvalue weighted by Gasteiger charge is -2.13. The molecule has 6 nitrogen and oxygen atoms in total. The number of hydrogen-bond donors (Lipinski definition) is 2. The summed E-state index contributed by atoms with van der Waals surface area (Å²) in [5.41, 5.74) is 1.74. The quantitative estimate of drug-likeness (QED) is 0.751. The van der Waals surface area contributed by atoms with Crippen LogP contribution in [0, 0.1) is 0 Å². The van der Waals surface area contributed by atoms with E-state index in [2.05, 4.69) is 44.4 Å². The molecule has 2 heterocycles. The summed E-state index contributed by atoms with van der Waals surface area (Å²) in [6.07, 6.45) is 4.89. The highest BCUT2D eigenvalue weighted by Gasteiger charge is 2.08. The van der Waals surface area contributed by atoms with Gasteiger partial charge in [0.05, 0.1) is 18.1 Å². The van der Waals surface area contributed by atoms with Crippen molar-refractivity contribution >= 4 is 17.3 Å². The minimum absolute atomic E-state index is 0.279. The minimum Gasteiger partial charge on any atom is -0.368 e.